The van der Waals surface area contributed by atoms with E-state index >= 15 is 0 Å². The van der Waals surface area contributed by atoms with Crippen LogP contribution in [0.4, 0.5) is 18.9 Å². The summed E-state index contributed by atoms with van der Waals surface area (Å²) >= 11 is 5.68. The number of rotatable bonds is 3. The summed E-state index contributed by atoms with van der Waals surface area (Å²) in [5.41, 5.74) is -1.02. The van der Waals surface area contributed by atoms with Gasteiger partial charge in [-0.1, -0.05) is 11.6 Å². The Morgan fingerprint density at radius 3 is 2.67 bits per heavy atom. The van der Waals surface area contributed by atoms with Crippen LogP contribution in [-0.2, 0) is 11.0 Å². The van der Waals surface area contributed by atoms with E-state index in [9.17, 15) is 18.0 Å². The topological polar surface area (TPSA) is 52.9 Å². The van der Waals surface area contributed by atoms with Gasteiger partial charge in [0.25, 0.3) is 0 Å². The fourth-order valence-electron chi connectivity index (χ4n) is 1.18. The molecule has 1 N–H and O–H groups in total. The van der Waals surface area contributed by atoms with Gasteiger partial charge in [-0.05, 0) is 18.2 Å². The molecule has 1 aromatic carbocycles. The number of nitrogens with zero attached hydrogens (tertiary/aromatic N) is 1. The van der Waals surface area contributed by atoms with Crippen LogP contribution >= 0.6 is 11.6 Å². The van der Waals surface area contributed by atoms with Crippen molar-refractivity contribution in [2.45, 2.75) is 19.0 Å². The quantitative estimate of drug-likeness (QED) is 0.917. The lowest BCUT2D eigenvalue weighted by Crippen LogP contribution is -2.12. The summed E-state index contributed by atoms with van der Waals surface area (Å²) in [6.07, 6.45) is -4.61. The van der Waals surface area contributed by atoms with Gasteiger partial charge >= 0.3 is 6.18 Å². The summed E-state index contributed by atoms with van der Waals surface area (Å²) < 4.78 is 37.3. The molecule has 1 rings (SSSR count). The molecule has 3 nitrogen and oxygen atoms in total. The van der Waals surface area contributed by atoms with Gasteiger partial charge in [-0.25, -0.2) is 0 Å². The van der Waals surface area contributed by atoms with Crippen molar-refractivity contribution >= 4 is 23.2 Å². The highest BCUT2D eigenvalue weighted by molar-refractivity contribution is 6.33. The summed E-state index contributed by atoms with van der Waals surface area (Å²) in [4.78, 5) is 11.3. The van der Waals surface area contributed by atoms with E-state index in [0.29, 0.717) is 0 Å². The molecule has 0 saturated heterocycles. The molecular weight excluding hydrogens is 269 g/mol. The SMILES string of the molecule is N#CCCC(=O)Nc1cc(C(F)(F)F)ccc1Cl. The van der Waals surface area contributed by atoms with Gasteiger partial charge in [0.15, 0.2) is 0 Å². The average Bonchev–Trinajstić information content (AvgIpc) is 2.28. The Kier molecular flexibility index (Phi) is 4.56. The molecule has 1 aromatic rings. The number of alkyl halides is 3. The lowest BCUT2D eigenvalue weighted by atomic mass is 10.2. The molecule has 0 fully saturated rings. The summed E-state index contributed by atoms with van der Waals surface area (Å²) in [5.74, 6) is -0.558. The molecule has 0 aliphatic rings. The van der Waals surface area contributed by atoms with Gasteiger partial charge in [0.1, 0.15) is 0 Å². The molecule has 0 atom stereocenters. The first kappa shape index (κ1) is 14.3. The van der Waals surface area contributed by atoms with E-state index in [1.807, 2.05) is 0 Å². The van der Waals surface area contributed by atoms with Crippen molar-refractivity contribution in [3.63, 3.8) is 0 Å². The smallest absolute Gasteiger partial charge is 0.325 e. The standard InChI is InChI=1S/C11H8ClF3N2O/c12-8-4-3-7(11(13,14)15)6-9(8)17-10(18)2-1-5-16/h3-4,6H,1-2H2,(H,17,18). The third kappa shape index (κ3) is 3.93. The van der Waals surface area contributed by atoms with E-state index in [0.717, 1.165) is 18.2 Å². The first-order chi connectivity index (χ1) is 8.34. The normalized spacial score (nSPS) is 10.8. The highest BCUT2D eigenvalue weighted by atomic mass is 35.5. The van der Waals surface area contributed by atoms with Crippen LogP contribution in [0.1, 0.15) is 18.4 Å². The number of hydrogen-bond acceptors (Lipinski definition) is 2. The fraction of sp³-hybridized carbons (Fsp3) is 0.273. The van der Waals surface area contributed by atoms with E-state index in [2.05, 4.69) is 5.32 Å². The predicted molar refractivity (Wildman–Crippen MR) is 59.9 cm³/mol. The van der Waals surface area contributed by atoms with Crippen LogP contribution in [0.3, 0.4) is 0 Å². The van der Waals surface area contributed by atoms with Crippen molar-refractivity contribution < 1.29 is 18.0 Å². The lowest BCUT2D eigenvalue weighted by molar-refractivity contribution is -0.137. The second kappa shape index (κ2) is 5.74. The molecule has 0 unspecified atom stereocenters. The fourth-order valence-corrected chi connectivity index (χ4v) is 1.34. The average molecular weight is 277 g/mol. The van der Waals surface area contributed by atoms with Crippen molar-refractivity contribution in [1.29, 1.82) is 5.26 Å². The summed E-state index contributed by atoms with van der Waals surface area (Å²) in [6.45, 7) is 0. The van der Waals surface area contributed by atoms with Gasteiger partial charge in [0.05, 0.1) is 22.3 Å². The molecule has 0 saturated carbocycles. The van der Waals surface area contributed by atoms with Gasteiger partial charge in [-0.15, -0.1) is 0 Å². The van der Waals surface area contributed by atoms with E-state index in [1.165, 1.54) is 0 Å². The van der Waals surface area contributed by atoms with Crippen LogP contribution in [-0.4, -0.2) is 5.91 Å². The summed E-state index contributed by atoms with van der Waals surface area (Å²) in [7, 11) is 0. The van der Waals surface area contributed by atoms with Crippen LogP contribution in [0.2, 0.25) is 5.02 Å². The first-order valence-electron chi connectivity index (χ1n) is 4.88. The maximum atomic E-state index is 12.4. The first-order valence-corrected chi connectivity index (χ1v) is 5.26. The molecule has 7 heteroatoms. The van der Waals surface area contributed by atoms with E-state index in [-0.39, 0.29) is 23.6 Å². The Bertz CT molecular complexity index is 494. The number of hydrogen-bond donors (Lipinski definition) is 1. The van der Waals surface area contributed by atoms with Crippen molar-refractivity contribution in [2.24, 2.45) is 0 Å². The molecule has 1 amide bonds. The predicted octanol–water partition coefficient (Wildman–Crippen LogP) is 3.60. The highest BCUT2D eigenvalue weighted by Gasteiger charge is 2.31. The van der Waals surface area contributed by atoms with Gasteiger partial charge in [0.2, 0.25) is 5.91 Å². The lowest BCUT2D eigenvalue weighted by Gasteiger charge is -2.11. The summed E-state index contributed by atoms with van der Waals surface area (Å²) in [6, 6.07) is 4.40. The second-order valence-electron chi connectivity index (χ2n) is 3.40. The number of amides is 1. The van der Waals surface area contributed by atoms with Gasteiger partial charge in [-0.3, -0.25) is 4.79 Å². The maximum absolute atomic E-state index is 12.4. The number of nitriles is 1. The van der Waals surface area contributed by atoms with Crippen LogP contribution < -0.4 is 5.32 Å². The molecule has 0 heterocycles. The zero-order valence-corrected chi connectivity index (χ0v) is 9.77. The number of anilines is 1. The van der Waals surface area contributed by atoms with Crippen LogP contribution in [0.25, 0.3) is 0 Å². The molecule has 18 heavy (non-hydrogen) atoms. The van der Waals surface area contributed by atoms with Crippen molar-refractivity contribution in [2.75, 3.05) is 5.32 Å². The highest BCUT2D eigenvalue weighted by Crippen LogP contribution is 2.33. The largest absolute Gasteiger partial charge is 0.416 e. The number of carbonyl (C=O) groups is 1. The van der Waals surface area contributed by atoms with Gasteiger partial charge in [0, 0.05) is 12.8 Å². The van der Waals surface area contributed by atoms with Crippen LogP contribution in [0.5, 0.6) is 0 Å². The van der Waals surface area contributed by atoms with Gasteiger partial charge in [-0.2, -0.15) is 18.4 Å². The van der Waals surface area contributed by atoms with Crippen LogP contribution in [0, 0.1) is 11.3 Å². The number of nitrogens with one attached hydrogen (secondary N) is 1. The minimum atomic E-state index is -4.50. The molecule has 0 spiro atoms. The van der Waals surface area contributed by atoms with Crippen molar-refractivity contribution in [1.82, 2.24) is 0 Å². The Balaban J connectivity index is 2.89. The molecule has 0 aliphatic carbocycles. The zero-order valence-electron chi connectivity index (χ0n) is 9.01. The van der Waals surface area contributed by atoms with E-state index in [4.69, 9.17) is 16.9 Å². The van der Waals surface area contributed by atoms with Crippen molar-refractivity contribution in [3.8, 4) is 6.07 Å². The Morgan fingerprint density at radius 1 is 1.44 bits per heavy atom. The monoisotopic (exact) mass is 276 g/mol. The maximum Gasteiger partial charge on any atom is 0.416 e. The molecule has 0 radical (unpaired) electrons. The molecule has 96 valence electrons. The zero-order chi connectivity index (χ0) is 13.8. The minimum Gasteiger partial charge on any atom is -0.325 e. The number of halogens is 4. The Morgan fingerprint density at radius 2 is 2.11 bits per heavy atom. The second-order valence-corrected chi connectivity index (χ2v) is 3.81. The van der Waals surface area contributed by atoms with Gasteiger partial charge < -0.3 is 5.32 Å². The molecule has 0 aromatic heterocycles. The Hall–Kier alpha value is -1.74. The molecular formula is C11H8ClF3N2O. The third-order valence-corrected chi connectivity index (χ3v) is 2.36. The van der Waals surface area contributed by atoms with Crippen LogP contribution in [0.15, 0.2) is 18.2 Å². The Labute approximate surface area is 106 Å². The van der Waals surface area contributed by atoms with E-state index in [1.54, 1.807) is 6.07 Å². The number of benzene rings is 1. The summed E-state index contributed by atoms with van der Waals surface area (Å²) in [5, 5.41) is 10.5. The minimum absolute atomic E-state index is 0.00769. The van der Waals surface area contributed by atoms with Crippen molar-refractivity contribution in [3.05, 3.63) is 28.8 Å². The van der Waals surface area contributed by atoms with E-state index < -0.39 is 17.6 Å². The third-order valence-electron chi connectivity index (χ3n) is 2.03. The molecule has 0 aliphatic heterocycles. The molecule has 0 bridgehead atoms. The number of carbonyl (C=O) groups excluding carboxylic acids is 1.